The van der Waals surface area contributed by atoms with Gasteiger partial charge in [0.1, 0.15) is 11.4 Å². The Kier molecular flexibility index (Phi) is 7.31. The van der Waals surface area contributed by atoms with Crippen molar-refractivity contribution in [2.45, 2.75) is 0 Å². The Balaban J connectivity index is 1.49. The molecule has 10 nitrogen and oxygen atoms in total. The van der Waals surface area contributed by atoms with Gasteiger partial charge in [-0.2, -0.15) is 5.10 Å². The molecule has 0 bridgehead atoms. The van der Waals surface area contributed by atoms with E-state index in [1.807, 2.05) is 18.2 Å². The summed E-state index contributed by atoms with van der Waals surface area (Å²) in [4.78, 5) is 24.4. The first-order valence-electron chi connectivity index (χ1n) is 10.7. The number of fused-ring (bicyclic) bond motifs is 1. The van der Waals surface area contributed by atoms with E-state index < -0.39 is 0 Å². The number of amides is 2. The topological polar surface area (TPSA) is 131 Å². The van der Waals surface area contributed by atoms with Crippen molar-refractivity contribution in [1.29, 1.82) is 0 Å². The lowest BCUT2D eigenvalue weighted by Gasteiger charge is -2.04. The Hall–Kier alpha value is -4.02. The van der Waals surface area contributed by atoms with Crippen LogP contribution in [0.5, 0.6) is 0 Å². The number of ether oxygens (including phenoxy) is 2. The maximum absolute atomic E-state index is 12.3. The molecule has 0 aliphatic rings. The third kappa shape index (κ3) is 5.13. The van der Waals surface area contributed by atoms with Crippen LogP contribution in [-0.4, -0.2) is 67.7 Å². The van der Waals surface area contributed by atoms with E-state index in [9.17, 15) is 9.59 Å². The molecule has 2 aromatic carbocycles. The van der Waals surface area contributed by atoms with Gasteiger partial charge < -0.3 is 24.6 Å². The van der Waals surface area contributed by atoms with Gasteiger partial charge in [-0.3, -0.25) is 14.7 Å². The Labute approximate surface area is 195 Å². The second-order valence-corrected chi connectivity index (χ2v) is 7.48. The molecule has 2 heterocycles. The van der Waals surface area contributed by atoms with Gasteiger partial charge >= 0.3 is 0 Å². The Morgan fingerprint density at radius 3 is 2.24 bits per heavy atom. The zero-order chi connectivity index (χ0) is 23.9. The van der Waals surface area contributed by atoms with Crippen LogP contribution < -0.4 is 10.6 Å². The Morgan fingerprint density at radius 1 is 0.912 bits per heavy atom. The number of methoxy groups -OCH3 is 2. The van der Waals surface area contributed by atoms with Gasteiger partial charge in [0.25, 0.3) is 11.8 Å². The van der Waals surface area contributed by atoms with Gasteiger partial charge in [-0.15, -0.1) is 0 Å². The number of H-pyrrole nitrogens is 1. The second kappa shape index (κ2) is 10.7. The molecule has 0 fully saturated rings. The molecular formula is C24H25N5O5. The number of nitrogens with one attached hydrogen (secondary N) is 3. The maximum Gasteiger partial charge on any atom is 0.251 e. The third-order valence-electron chi connectivity index (χ3n) is 5.19. The van der Waals surface area contributed by atoms with E-state index in [4.69, 9.17) is 14.0 Å². The molecule has 0 aliphatic carbocycles. The number of benzene rings is 2. The van der Waals surface area contributed by atoms with E-state index in [1.165, 1.54) is 0 Å². The first-order valence-corrected chi connectivity index (χ1v) is 10.7. The molecule has 10 heteroatoms. The molecule has 4 aromatic rings. The summed E-state index contributed by atoms with van der Waals surface area (Å²) in [5.74, 6) is 0.131. The van der Waals surface area contributed by atoms with Crippen molar-refractivity contribution in [2.24, 2.45) is 0 Å². The maximum atomic E-state index is 12.3. The second-order valence-electron chi connectivity index (χ2n) is 7.48. The zero-order valence-electron chi connectivity index (χ0n) is 18.9. The van der Waals surface area contributed by atoms with Gasteiger partial charge in [0.15, 0.2) is 5.76 Å². The highest BCUT2D eigenvalue weighted by Crippen LogP contribution is 2.30. The summed E-state index contributed by atoms with van der Waals surface area (Å²) < 4.78 is 15.4. The minimum atomic E-state index is -0.187. The third-order valence-corrected chi connectivity index (χ3v) is 5.19. The Morgan fingerprint density at radius 2 is 1.56 bits per heavy atom. The molecule has 0 saturated heterocycles. The average molecular weight is 463 g/mol. The summed E-state index contributed by atoms with van der Waals surface area (Å²) >= 11 is 0. The molecule has 0 unspecified atom stereocenters. The molecule has 176 valence electrons. The van der Waals surface area contributed by atoms with Crippen molar-refractivity contribution in [3.63, 3.8) is 0 Å². The van der Waals surface area contributed by atoms with Crippen LogP contribution in [0, 0.1) is 0 Å². The van der Waals surface area contributed by atoms with Crippen LogP contribution in [0.15, 0.2) is 53.1 Å². The number of hydrogen-bond donors (Lipinski definition) is 3. The minimum absolute atomic E-state index is 0.167. The summed E-state index contributed by atoms with van der Waals surface area (Å²) in [5.41, 5.74) is 3.78. The molecular weight excluding hydrogens is 438 g/mol. The molecule has 3 N–H and O–H groups in total. The first kappa shape index (κ1) is 23.1. The molecule has 34 heavy (non-hydrogen) atoms. The SMILES string of the molecule is COCCNC(=O)c1ccc(-c2cc(-c3n[nH]c4cc(C(=O)NCCOC)ccc34)on2)cc1. The molecule has 0 spiro atoms. The molecule has 2 amide bonds. The average Bonchev–Trinajstić information content (AvgIpc) is 3.51. The highest BCUT2D eigenvalue weighted by molar-refractivity contribution is 6.00. The number of hydrogen-bond acceptors (Lipinski definition) is 7. The van der Waals surface area contributed by atoms with Crippen molar-refractivity contribution in [1.82, 2.24) is 26.0 Å². The normalized spacial score (nSPS) is 11.0. The lowest BCUT2D eigenvalue weighted by atomic mass is 10.1. The van der Waals surface area contributed by atoms with Crippen molar-refractivity contribution in [3.8, 4) is 22.7 Å². The molecule has 2 aromatic heterocycles. The van der Waals surface area contributed by atoms with Crippen LogP contribution in [0.25, 0.3) is 33.6 Å². The summed E-state index contributed by atoms with van der Waals surface area (Å²) in [6.07, 6.45) is 0. The zero-order valence-corrected chi connectivity index (χ0v) is 18.9. The van der Waals surface area contributed by atoms with E-state index in [-0.39, 0.29) is 11.8 Å². The van der Waals surface area contributed by atoms with Gasteiger partial charge in [-0.05, 0) is 30.3 Å². The highest BCUT2D eigenvalue weighted by atomic mass is 16.5. The van der Waals surface area contributed by atoms with Crippen LogP contribution in [-0.2, 0) is 9.47 Å². The standard InChI is InChI=1S/C24H25N5O5/c1-32-11-9-25-23(30)16-5-3-15(4-6-16)19-14-21(34-29-19)22-18-8-7-17(13-20(18)27-28-22)24(31)26-10-12-33-2/h3-8,13-14H,9-12H2,1-2H3,(H,25,30)(H,26,31)(H,27,28). The van der Waals surface area contributed by atoms with E-state index >= 15 is 0 Å². The van der Waals surface area contributed by atoms with Crippen LogP contribution >= 0.6 is 0 Å². The first-order chi connectivity index (χ1) is 16.6. The van der Waals surface area contributed by atoms with Crippen LogP contribution in [0.2, 0.25) is 0 Å². The van der Waals surface area contributed by atoms with E-state index in [0.717, 1.165) is 10.9 Å². The number of nitrogens with zero attached hydrogens (tertiary/aromatic N) is 2. The summed E-state index contributed by atoms with van der Waals surface area (Å²) in [6.45, 7) is 1.78. The quantitative estimate of drug-likeness (QED) is 0.308. The van der Waals surface area contributed by atoms with Gasteiger partial charge in [-0.1, -0.05) is 17.3 Å². The monoisotopic (exact) mass is 463 g/mol. The Bertz CT molecular complexity index is 1280. The summed E-state index contributed by atoms with van der Waals surface area (Å²) in [7, 11) is 3.17. The summed E-state index contributed by atoms with van der Waals surface area (Å²) in [6, 6.07) is 14.2. The largest absolute Gasteiger partial charge is 0.383 e. The van der Waals surface area contributed by atoms with Gasteiger partial charge in [0.2, 0.25) is 0 Å². The lowest BCUT2D eigenvalue weighted by molar-refractivity contribution is 0.0929. The van der Waals surface area contributed by atoms with Gasteiger partial charge in [0.05, 0.1) is 18.7 Å². The molecule has 0 aliphatic heterocycles. The van der Waals surface area contributed by atoms with Crippen molar-refractivity contribution in [3.05, 3.63) is 59.7 Å². The van der Waals surface area contributed by atoms with E-state index in [1.54, 1.807) is 44.6 Å². The predicted octanol–water partition coefficient (Wildman–Crippen LogP) is 2.64. The highest BCUT2D eigenvalue weighted by Gasteiger charge is 2.16. The van der Waals surface area contributed by atoms with Crippen LogP contribution in [0.1, 0.15) is 20.7 Å². The lowest BCUT2D eigenvalue weighted by Crippen LogP contribution is -2.26. The number of aromatic nitrogens is 3. The van der Waals surface area contributed by atoms with E-state index in [2.05, 4.69) is 26.0 Å². The van der Waals surface area contributed by atoms with E-state index in [0.29, 0.717) is 60.1 Å². The smallest absolute Gasteiger partial charge is 0.251 e. The molecule has 0 saturated carbocycles. The van der Waals surface area contributed by atoms with Gasteiger partial charge in [-0.25, -0.2) is 0 Å². The van der Waals surface area contributed by atoms with Crippen LogP contribution in [0.4, 0.5) is 0 Å². The molecule has 0 radical (unpaired) electrons. The van der Waals surface area contributed by atoms with Crippen molar-refractivity contribution in [2.75, 3.05) is 40.5 Å². The number of rotatable bonds is 10. The number of aromatic amines is 1. The predicted molar refractivity (Wildman–Crippen MR) is 125 cm³/mol. The van der Waals surface area contributed by atoms with Crippen molar-refractivity contribution < 1.29 is 23.6 Å². The fraction of sp³-hybridized carbons (Fsp3) is 0.250. The molecule has 0 atom stereocenters. The van der Waals surface area contributed by atoms with Gasteiger partial charge in [0, 0.05) is 55.5 Å². The number of carbonyl (C=O) groups is 2. The number of carbonyl (C=O) groups excluding carboxylic acids is 2. The fourth-order valence-corrected chi connectivity index (χ4v) is 3.40. The minimum Gasteiger partial charge on any atom is -0.383 e. The fourth-order valence-electron chi connectivity index (χ4n) is 3.40. The van der Waals surface area contributed by atoms with Crippen molar-refractivity contribution >= 4 is 22.7 Å². The molecule has 4 rings (SSSR count). The van der Waals surface area contributed by atoms with Crippen LogP contribution in [0.3, 0.4) is 0 Å². The summed E-state index contributed by atoms with van der Waals surface area (Å²) in [5, 5.41) is 17.8.